The third-order valence-electron chi connectivity index (χ3n) is 3.24. The smallest absolute Gasteiger partial charge is 0.270 e. The minimum atomic E-state index is -0.516. The Kier molecular flexibility index (Phi) is 4.72. The molecule has 0 spiro atoms. The van der Waals surface area contributed by atoms with E-state index in [-0.39, 0.29) is 29.3 Å². The molecule has 1 N–H and O–H groups in total. The summed E-state index contributed by atoms with van der Waals surface area (Å²) in [6, 6.07) is 4.22. The Morgan fingerprint density at radius 2 is 2.25 bits per heavy atom. The number of hydrogen-bond acceptors (Lipinski definition) is 4. The molecule has 1 aromatic carbocycles. The van der Waals surface area contributed by atoms with Gasteiger partial charge in [0, 0.05) is 29.3 Å². The molecule has 0 saturated heterocycles. The minimum Gasteiger partial charge on any atom is -0.378 e. The van der Waals surface area contributed by atoms with Crippen molar-refractivity contribution in [1.29, 1.82) is 0 Å². The fraction of sp³-hybridized carbons (Fsp3) is 0.462. The first-order valence-electron chi connectivity index (χ1n) is 6.37. The average Bonchev–Trinajstić information content (AvgIpc) is 2.36. The van der Waals surface area contributed by atoms with E-state index in [2.05, 4.69) is 21.2 Å². The van der Waals surface area contributed by atoms with Gasteiger partial charge in [-0.3, -0.25) is 14.9 Å². The molecule has 1 saturated carbocycles. The van der Waals surface area contributed by atoms with Crippen LogP contribution in [-0.2, 0) is 4.74 Å². The van der Waals surface area contributed by atoms with Crippen molar-refractivity contribution >= 4 is 27.5 Å². The number of hydrogen-bond donors (Lipinski definition) is 1. The third-order valence-corrected chi connectivity index (χ3v) is 3.93. The zero-order chi connectivity index (χ0) is 14.7. The average molecular weight is 343 g/mol. The summed E-state index contributed by atoms with van der Waals surface area (Å²) in [5, 5.41) is 13.6. The van der Waals surface area contributed by atoms with Crippen LogP contribution in [0, 0.1) is 10.1 Å². The van der Waals surface area contributed by atoms with E-state index in [1.54, 1.807) is 0 Å². The van der Waals surface area contributed by atoms with E-state index in [1.807, 2.05) is 6.92 Å². The highest BCUT2D eigenvalue weighted by atomic mass is 79.9. The lowest BCUT2D eigenvalue weighted by Crippen LogP contribution is -2.47. The second-order valence-corrected chi connectivity index (χ2v) is 5.49. The molecule has 0 atom stereocenters. The number of carbonyl (C=O) groups is 1. The fourth-order valence-electron chi connectivity index (χ4n) is 2.12. The van der Waals surface area contributed by atoms with E-state index in [0.717, 1.165) is 12.8 Å². The summed E-state index contributed by atoms with van der Waals surface area (Å²) >= 11 is 3.24. The summed E-state index contributed by atoms with van der Waals surface area (Å²) in [7, 11) is 0. The molecule has 1 aromatic rings. The number of carbonyl (C=O) groups excluding carboxylic acids is 1. The number of rotatable bonds is 5. The Hall–Kier alpha value is -1.47. The zero-order valence-corrected chi connectivity index (χ0v) is 12.6. The molecule has 0 unspecified atom stereocenters. The first-order chi connectivity index (χ1) is 9.51. The Labute approximate surface area is 124 Å². The van der Waals surface area contributed by atoms with E-state index < -0.39 is 4.92 Å². The fourth-order valence-corrected chi connectivity index (χ4v) is 2.55. The molecule has 0 bridgehead atoms. The summed E-state index contributed by atoms with van der Waals surface area (Å²) in [6.45, 7) is 2.61. The topological polar surface area (TPSA) is 81.5 Å². The number of nitrogens with one attached hydrogen (secondary N) is 1. The van der Waals surface area contributed by atoms with Crippen LogP contribution >= 0.6 is 15.9 Å². The predicted molar refractivity (Wildman–Crippen MR) is 76.7 cm³/mol. The molecule has 1 aliphatic carbocycles. The molecule has 0 aromatic heterocycles. The normalized spacial score (nSPS) is 21.1. The number of halogens is 1. The van der Waals surface area contributed by atoms with Gasteiger partial charge in [0.2, 0.25) is 0 Å². The molecule has 108 valence electrons. The summed E-state index contributed by atoms with van der Waals surface area (Å²) in [6.07, 6.45) is 1.77. The molecule has 1 fully saturated rings. The van der Waals surface area contributed by atoms with Gasteiger partial charge in [-0.25, -0.2) is 0 Å². The van der Waals surface area contributed by atoms with Crippen LogP contribution in [0.3, 0.4) is 0 Å². The maximum absolute atomic E-state index is 12.1. The van der Waals surface area contributed by atoms with Crippen LogP contribution in [0.25, 0.3) is 0 Å². The number of nitrogens with zero attached hydrogens (tertiary/aromatic N) is 1. The molecule has 0 heterocycles. The standard InChI is InChI=1S/C13H15BrN2O4/c1-2-20-10-5-8(6-10)15-13(17)11-7-9(16(18)19)3-4-12(11)14/h3-4,7-8,10H,2,5-6H2,1H3,(H,15,17). The highest BCUT2D eigenvalue weighted by Crippen LogP contribution is 2.26. The first kappa shape index (κ1) is 14.9. The van der Waals surface area contributed by atoms with Gasteiger partial charge in [0.25, 0.3) is 11.6 Å². The number of ether oxygens (including phenoxy) is 1. The first-order valence-corrected chi connectivity index (χ1v) is 7.17. The van der Waals surface area contributed by atoms with Gasteiger partial charge >= 0.3 is 0 Å². The van der Waals surface area contributed by atoms with Crippen molar-refractivity contribution in [2.75, 3.05) is 6.61 Å². The Morgan fingerprint density at radius 3 is 2.85 bits per heavy atom. The molecule has 2 rings (SSSR count). The van der Waals surface area contributed by atoms with Crippen molar-refractivity contribution in [2.45, 2.75) is 31.9 Å². The summed E-state index contributed by atoms with van der Waals surface area (Å²) in [4.78, 5) is 22.3. The lowest BCUT2D eigenvalue weighted by Gasteiger charge is -2.35. The Morgan fingerprint density at radius 1 is 1.55 bits per heavy atom. The maximum atomic E-state index is 12.1. The molecule has 20 heavy (non-hydrogen) atoms. The van der Waals surface area contributed by atoms with E-state index in [4.69, 9.17) is 4.74 Å². The molecule has 0 aliphatic heterocycles. The maximum Gasteiger partial charge on any atom is 0.270 e. The quantitative estimate of drug-likeness (QED) is 0.658. The monoisotopic (exact) mass is 342 g/mol. The summed E-state index contributed by atoms with van der Waals surface area (Å²) in [5.41, 5.74) is 0.179. The third kappa shape index (κ3) is 3.34. The van der Waals surface area contributed by atoms with Gasteiger partial charge in [-0.1, -0.05) is 0 Å². The van der Waals surface area contributed by atoms with Gasteiger partial charge in [-0.05, 0) is 41.8 Å². The second-order valence-electron chi connectivity index (χ2n) is 4.64. The second kappa shape index (κ2) is 6.32. The highest BCUT2D eigenvalue weighted by molar-refractivity contribution is 9.10. The number of benzene rings is 1. The lowest BCUT2D eigenvalue weighted by atomic mass is 9.89. The summed E-state index contributed by atoms with van der Waals surface area (Å²) in [5.74, 6) is -0.305. The molecule has 1 amide bonds. The van der Waals surface area contributed by atoms with Gasteiger partial charge in [0.15, 0.2) is 0 Å². The van der Waals surface area contributed by atoms with Gasteiger partial charge < -0.3 is 10.1 Å². The van der Waals surface area contributed by atoms with Crippen LogP contribution in [0.15, 0.2) is 22.7 Å². The molecule has 1 aliphatic rings. The molecule has 0 radical (unpaired) electrons. The van der Waals surface area contributed by atoms with Crippen LogP contribution in [0.4, 0.5) is 5.69 Å². The van der Waals surface area contributed by atoms with Crippen molar-refractivity contribution in [3.05, 3.63) is 38.3 Å². The Bertz CT molecular complexity index is 529. The minimum absolute atomic E-state index is 0.0743. The lowest BCUT2D eigenvalue weighted by molar-refractivity contribution is -0.384. The van der Waals surface area contributed by atoms with Gasteiger partial charge in [0.1, 0.15) is 0 Å². The number of nitro groups is 1. The van der Waals surface area contributed by atoms with Gasteiger partial charge in [0.05, 0.1) is 16.6 Å². The van der Waals surface area contributed by atoms with E-state index in [0.29, 0.717) is 11.1 Å². The van der Waals surface area contributed by atoms with Crippen LogP contribution in [0.2, 0.25) is 0 Å². The highest BCUT2D eigenvalue weighted by Gasteiger charge is 2.31. The van der Waals surface area contributed by atoms with Crippen LogP contribution < -0.4 is 5.32 Å². The van der Waals surface area contributed by atoms with Crippen molar-refractivity contribution in [3.63, 3.8) is 0 Å². The molecule has 7 heteroatoms. The Balaban J connectivity index is 1.99. The van der Waals surface area contributed by atoms with Crippen LogP contribution in [0.1, 0.15) is 30.1 Å². The van der Waals surface area contributed by atoms with Crippen LogP contribution in [-0.4, -0.2) is 29.6 Å². The number of amides is 1. The van der Waals surface area contributed by atoms with Crippen molar-refractivity contribution in [1.82, 2.24) is 5.32 Å². The van der Waals surface area contributed by atoms with E-state index in [1.165, 1.54) is 18.2 Å². The molecule has 6 nitrogen and oxygen atoms in total. The zero-order valence-electron chi connectivity index (χ0n) is 11.0. The largest absolute Gasteiger partial charge is 0.378 e. The number of nitro benzene ring substituents is 1. The van der Waals surface area contributed by atoms with Gasteiger partial charge in [-0.15, -0.1) is 0 Å². The molecular weight excluding hydrogens is 328 g/mol. The van der Waals surface area contributed by atoms with E-state index >= 15 is 0 Å². The van der Waals surface area contributed by atoms with Crippen molar-refractivity contribution in [2.24, 2.45) is 0 Å². The van der Waals surface area contributed by atoms with Crippen molar-refractivity contribution in [3.8, 4) is 0 Å². The van der Waals surface area contributed by atoms with Crippen molar-refractivity contribution < 1.29 is 14.5 Å². The SMILES string of the molecule is CCOC1CC(NC(=O)c2cc([N+](=O)[O-])ccc2Br)C1. The summed E-state index contributed by atoms with van der Waals surface area (Å²) < 4.78 is 5.96. The van der Waals surface area contributed by atoms with E-state index in [9.17, 15) is 14.9 Å². The number of non-ortho nitro benzene ring substituents is 1. The van der Waals surface area contributed by atoms with Gasteiger partial charge in [-0.2, -0.15) is 0 Å². The predicted octanol–water partition coefficient (Wildman–Crippen LogP) is 2.65. The molecular formula is C13H15BrN2O4. The van der Waals surface area contributed by atoms with Crippen LogP contribution in [0.5, 0.6) is 0 Å².